The average molecular weight is 2090 g/mol. The van der Waals surface area contributed by atoms with Gasteiger partial charge in [-0.3, -0.25) is 87.5 Å². The predicted molar refractivity (Wildman–Crippen MR) is 544 cm³/mol. The van der Waals surface area contributed by atoms with E-state index in [2.05, 4.69) is 94.4 Å². The van der Waals surface area contributed by atoms with Gasteiger partial charge in [0.25, 0.3) is 0 Å². The molecule has 4 aromatic carbocycles. The molecule has 18 atom stereocenters. The molecule has 0 bridgehead atoms. The number of nitrogens with two attached hydrogens (primary N) is 4. The number of imidazole rings is 2. The number of likely N-dealkylation sites (tertiary alicyclic amines) is 2. The molecule has 2 fully saturated rings. The summed E-state index contributed by atoms with van der Waals surface area (Å²) >= 11 is 0. The Balaban J connectivity index is 0.000000406. The number of amides is 14. The van der Waals surface area contributed by atoms with Gasteiger partial charge in [0.2, 0.25) is 82.7 Å². The van der Waals surface area contributed by atoms with Gasteiger partial charge in [0, 0.05) is 88.5 Å². The normalized spacial score (nSPS) is 16.3. The summed E-state index contributed by atoms with van der Waals surface area (Å²) in [6.45, 7) is 13.9. The van der Waals surface area contributed by atoms with Gasteiger partial charge < -0.3 is 148 Å². The van der Waals surface area contributed by atoms with Crippen molar-refractivity contribution in [2.24, 2.45) is 46.6 Å². The van der Waals surface area contributed by atoms with Crippen LogP contribution in [0.4, 0.5) is 0 Å². The summed E-state index contributed by atoms with van der Waals surface area (Å²) < 4.78 is 0. The minimum absolute atomic E-state index is 0.00272. The van der Waals surface area contributed by atoms with Crippen LogP contribution >= 0.6 is 0 Å². The van der Waals surface area contributed by atoms with E-state index in [1.54, 1.807) is 116 Å². The number of nitrogens with zero attached hydrogens (tertiary/aromatic N) is 4. The highest BCUT2D eigenvalue weighted by atomic mass is 16.4. The highest BCUT2D eigenvalue weighted by Crippen LogP contribution is 2.26. The second-order valence-electron chi connectivity index (χ2n) is 37.8. The molecular weight excluding hydrogens is 1950 g/mol. The van der Waals surface area contributed by atoms with Crippen LogP contribution in [0.1, 0.15) is 166 Å². The van der Waals surface area contributed by atoms with E-state index in [9.17, 15) is 107 Å². The van der Waals surface area contributed by atoms with Crippen LogP contribution in [0.25, 0.3) is 0 Å². The van der Waals surface area contributed by atoms with Crippen molar-refractivity contribution in [2.45, 2.75) is 268 Å². The lowest BCUT2D eigenvalue weighted by molar-refractivity contribution is -0.145. The fraction of sp³-hybridized carbons (Fsp3) is 0.500. The number of phenolic OH excluding ortho intramolecular Hbond substituents is 2. The van der Waals surface area contributed by atoms with Gasteiger partial charge in [0.05, 0.1) is 37.6 Å². The fourth-order valence-corrected chi connectivity index (χ4v) is 16.7. The number of aromatic amines is 2. The maximum Gasteiger partial charge on any atom is 0.326 e. The number of hydrogen-bond acceptors (Lipinski definition) is 26. The second-order valence-corrected chi connectivity index (χ2v) is 37.8. The standard InChI is InChI=1S/2C50H71N13O12/c2*1-5-28(4)41(47(72)59-36(23-31-25-54-26-56-31)48(73)63-20-10-14-38(63)45(70)60-37(49(74)75)22-29-11-7-6-8-12-29)62-44(69)35(21-30-15-17-32(64)18-16-30)58-46(71)40(27(2)3)61-43(68)34(13-9-19-55-50(52)53)57-42(67)33(51)24-39(65)66/h2*6-8,11-12,15-18,25-28,33-38,40-41,64H,5,9-10,13-14,19-24,51H2,1-4H3,(H,54,56)(H,57,67)(H,58,71)(H,59,72)(H,60,70)(H,61,68)(H,62,69)(H,65,66)(H,74,75)(H4,52,53,55)/t2*28-,33-,34-,35-,36-,37-,38-,40-,41-/m00/s1. The number of benzene rings is 4. The van der Waals surface area contributed by atoms with Gasteiger partial charge in [0.1, 0.15) is 96.1 Å². The van der Waals surface area contributed by atoms with Crippen LogP contribution in [0.15, 0.2) is 134 Å². The Morgan fingerprint density at radius 2 is 0.680 bits per heavy atom. The van der Waals surface area contributed by atoms with Crippen LogP contribution in [0.3, 0.4) is 0 Å². The molecule has 0 spiro atoms. The van der Waals surface area contributed by atoms with Gasteiger partial charge in [0.15, 0.2) is 11.9 Å². The number of carbonyl (C=O) groups is 18. The van der Waals surface area contributed by atoms with Crippen molar-refractivity contribution in [3.63, 3.8) is 0 Å². The van der Waals surface area contributed by atoms with Crippen LogP contribution in [0.2, 0.25) is 0 Å². The Labute approximate surface area is 866 Å². The number of nitrogens with one attached hydrogen (secondary N) is 18. The van der Waals surface area contributed by atoms with Crippen molar-refractivity contribution < 1.29 is 117 Å². The number of hydrogen-bond donors (Lipinski definition) is 28. The first-order valence-corrected chi connectivity index (χ1v) is 49.6. The maximum absolute atomic E-state index is 14.6. The minimum Gasteiger partial charge on any atom is -0.508 e. The molecule has 150 heavy (non-hydrogen) atoms. The lowest BCUT2D eigenvalue weighted by atomic mass is 9.96. The molecule has 6 aromatic rings. The quantitative estimate of drug-likeness (QED) is 0.0109. The second kappa shape index (κ2) is 60.2. The van der Waals surface area contributed by atoms with E-state index in [1.807, 2.05) is 0 Å². The van der Waals surface area contributed by atoms with Crippen molar-refractivity contribution in [2.75, 3.05) is 26.2 Å². The highest BCUT2D eigenvalue weighted by molar-refractivity contribution is 6.01. The van der Waals surface area contributed by atoms with Gasteiger partial charge in [-0.25, -0.2) is 19.6 Å². The van der Waals surface area contributed by atoms with E-state index in [-0.39, 0.29) is 127 Å². The molecule has 0 radical (unpaired) electrons. The zero-order chi connectivity index (χ0) is 111. The number of carbonyl (C=O) groups excluding carboxylic acids is 14. The molecule has 14 amide bonds. The molecule has 2 aliphatic rings. The van der Waals surface area contributed by atoms with Crippen molar-refractivity contribution in [3.8, 4) is 11.5 Å². The third-order valence-corrected chi connectivity index (χ3v) is 25.5. The third-order valence-electron chi connectivity index (χ3n) is 25.5. The van der Waals surface area contributed by atoms with Crippen LogP contribution < -0.4 is 97.4 Å². The molecule has 2 aromatic heterocycles. The molecule has 8 rings (SSSR count). The molecule has 2 aliphatic heterocycles. The molecule has 0 unspecified atom stereocenters. The molecule has 4 heterocycles. The van der Waals surface area contributed by atoms with Crippen molar-refractivity contribution in [1.29, 1.82) is 10.8 Å². The summed E-state index contributed by atoms with van der Waals surface area (Å²) in [5.41, 5.74) is 25.5. The monoisotopic (exact) mass is 2090 g/mol. The number of carboxylic acids is 4. The Morgan fingerprint density at radius 1 is 0.380 bits per heavy atom. The van der Waals surface area contributed by atoms with E-state index < -0.39 is 240 Å². The molecule has 0 aliphatic carbocycles. The SMILES string of the molecule is CC[C@H](C)[C@H](NC(=O)[C@H](Cc1ccc(O)cc1)NC(=O)[C@@H](NC(=O)[C@H](CCCNC(=N)N)NC(=O)[C@@H](N)CC(=O)O)C(C)C)C(=O)N[C@@H](Cc1cnc[nH]1)C(=O)N1CCC[C@H]1C(=O)N[C@@H](Cc1ccccc1)C(=O)O.CC[C@H](C)[C@H](NC(=O)[C@H](Cc1ccc(O)cc1)NC(=O)[C@@H](NC(=O)[C@H](CCCNC(=N)N)NC(=O)[C@@H](N)CC(=O)O)C(C)C)C(=O)N[C@@H](Cc1cnc[nH]1)C(=O)N1CCC[C@H]1C(=O)N[C@@H](Cc1ccccc1)C(=O)O. The van der Waals surface area contributed by atoms with Gasteiger partial charge in [-0.1, -0.05) is 153 Å². The van der Waals surface area contributed by atoms with Crippen LogP contribution in [0.5, 0.6) is 11.5 Å². The van der Waals surface area contributed by atoms with Gasteiger partial charge in [-0.15, -0.1) is 0 Å². The fourth-order valence-electron chi connectivity index (χ4n) is 16.7. The largest absolute Gasteiger partial charge is 0.508 e. The lowest BCUT2D eigenvalue weighted by Crippen LogP contribution is -2.62. The van der Waals surface area contributed by atoms with Gasteiger partial charge in [-0.05, 0) is 122 Å². The number of carboxylic acid groups (broad SMARTS) is 4. The van der Waals surface area contributed by atoms with E-state index in [1.165, 1.54) is 83.4 Å². The molecule has 32 N–H and O–H groups in total. The molecule has 50 nitrogen and oxygen atoms in total. The first-order chi connectivity index (χ1) is 71.1. The van der Waals surface area contributed by atoms with Crippen molar-refractivity contribution >= 4 is 118 Å². The molecular formula is C100H142N26O24. The Kier molecular flexibility index (Phi) is 48.5. The molecule has 2 saturated heterocycles. The molecule has 50 heteroatoms. The van der Waals surface area contributed by atoms with Gasteiger partial charge >= 0.3 is 23.9 Å². The zero-order valence-corrected chi connectivity index (χ0v) is 84.9. The van der Waals surface area contributed by atoms with E-state index in [4.69, 9.17) is 44.0 Å². The summed E-state index contributed by atoms with van der Waals surface area (Å²) in [5.74, 6) is -19.6. The lowest BCUT2D eigenvalue weighted by Gasteiger charge is -2.32. The number of H-pyrrole nitrogens is 2. The number of aromatic hydroxyl groups is 2. The van der Waals surface area contributed by atoms with Crippen LogP contribution in [0, 0.1) is 34.5 Å². The summed E-state index contributed by atoms with van der Waals surface area (Å²) in [4.78, 5) is 261. The first-order valence-electron chi connectivity index (χ1n) is 49.6. The van der Waals surface area contributed by atoms with E-state index in [0.29, 0.717) is 59.3 Å². The van der Waals surface area contributed by atoms with Crippen molar-refractivity contribution in [1.82, 2.24) is 104 Å². The Hall–Kier alpha value is -16.2. The smallest absolute Gasteiger partial charge is 0.326 e. The van der Waals surface area contributed by atoms with Crippen LogP contribution in [-0.4, -0.2) is 302 Å². The highest BCUT2D eigenvalue weighted by Gasteiger charge is 2.45. The molecule has 0 saturated carbocycles. The zero-order valence-electron chi connectivity index (χ0n) is 84.9. The molecule has 816 valence electrons. The topological polar surface area (TPSA) is 813 Å². The number of phenols is 2. The average Bonchev–Trinajstić information content (AvgIpc) is 1.67. The van der Waals surface area contributed by atoms with Gasteiger partial charge in [-0.2, -0.15) is 0 Å². The number of rotatable bonds is 58. The van der Waals surface area contributed by atoms with Crippen LogP contribution in [-0.2, 0) is 125 Å². The minimum atomic E-state index is -1.51. The summed E-state index contributed by atoms with van der Waals surface area (Å²) in [6.07, 6.45) is 5.86. The van der Waals surface area contributed by atoms with E-state index in [0.717, 1.165) is 0 Å². The Morgan fingerprint density at radius 3 is 0.980 bits per heavy atom. The Bertz CT molecular complexity index is 5220. The summed E-state index contributed by atoms with van der Waals surface area (Å²) in [7, 11) is 0. The number of aliphatic carboxylic acids is 4. The maximum atomic E-state index is 14.6. The van der Waals surface area contributed by atoms with Crippen molar-refractivity contribution in [3.05, 3.63) is 168 Å². The third kappa shape index (κ3) is 39.2. The number of aromatic nitrogens is 4. The summed E-state index contributed by atoms with van der Waals surface area (Å²) in [5, 5.41) is 110. The predicted octanol–water partition coefficient (Wildman–Crippen LogP) is -2.21. The summed E-state index contributed by atoms with van der Waals surface area (Å²) in [6, 6.07) is 7.87. The number of guanidine groups is 2. The first kappa shape index (κ1) is 121. The van der Waals surface area contributed by atoms with E-state index >= 15 is 0 Å².